The molecule has 17 heavy (non-hydrogen) atoms. The molecule has 0 radical (unpaired) electrons. The van der Waals surface area contributed by atoms with Crippen molar-refractivity contribution in [3.05, 3.63) is 46.2 Å². The molecule has 2 rings (SSSR count). The fourth-order valence-electron chi connectivity index (χ4n) is 1.39. The van der Waals surface area contributed by atoms with E-state index < -0.39 is 0 Å². The van der Waals surface area contributed by atoms with Gasteiger partial charge in [-0.1, -0.05) is 18.1 Å². The second kappa shape index (κ2) is 5.42. The van der Waals surface area contributed by atoms with E-state index in [-0.39, 0.29) is 0 Å². The number of ether oxygens (including phenoxy) is 2. The van der Waals surface area contributed by atoms with Gasteiger partial charge in [0.25, 0.3) is 0 Å². The molecule has 1 heterocycles. The Labute approximate surface area is 105 Å². The summed E-state index contributed by atoms with van der Waals surface area (Å²) >= 11 is 1.54. The molecule has 1 aromatic heterocycles. The summed E-state index contributed by atoms with van der Waals surface area (Å²) in [4.78, 5) is 0. The zero-order chi connectivity index (χ0) is 12.1. The van der Waals surface area contributed by atoms with Crippen LogP contribution in [0.3, 0.4) is 0 Å². The lowest BCUT2D eigenvalue weighted by atomic mass is 10.2. The molecule has 1 aromatic carbocycles. The quantitative estimate of drug-likeness (QED) is 0.768. The van der Waals surface area contributed by atoms with E-state index in [0.717, 1.165) is 22.6 Å². The van der Waals surface area contributed by atoms with Crippen LogP contribution in [0.5, 0.6) is 11.5 Å². The third kappa shape index (κ3) is 2.80. The summed E-state index contributed by atoms with van der Waals surface area (Å²) in [7, 11) is 1.65. The summed E-state index contributed by atoms with van der Waals surface area (Å²) in [6.07, 6.45) is 5.36. The second-order valence-electron chi connectivity index (χ2n) is 3.43. The van der Waals surface area contributed by atoms with Crippen LogP contribution in [0.15, 0.2) is 35.0 Å². The molecule has 0 spiro atoms. The molecule has 0 amide bonds. The van der Waals surface area contributed by atoms with E-state index in [1.54, 1.807) is 18.4 Å². The molecule has 3 heteroatoms. The van der Waals surface area contributed by atoms with Crippen molar-refractivity contribution in [1.29, 1.82) is 0 Å². The highest BCUT2D eigenvalue weighted by Crippen LogP contribution is 2.23. The summed E-state index contributed by atoms with van der Waals surface area (Å²) in [5.41, 5.74) is 1.89. The van der Waals surface area contributed by atoms with Gasteiger partial charge in [0.2, 0.25) is 0 Å². The molecule has 0 aliphatic carbocycles. The van der Waals surface area contributed by atoms with Gasteiger partial charge < -0.3 is 9.47 Å². The maximum Gasteiger partial charge on any atom is 0.146 e. The molecule has 0 bridgehead atoms. The first-order chi connectivity index (χ1) is 8.33. The lowest BCUT2D eigenvalue weighted by molar-refractivity contribution is 0.306. The maximum atomic E-state index is 5.65. The van der Waals surface area contributed by atoms with Crippen LogP contribution in [0.2, 0.25) is 0 Å². The minimum absolute atomic E-state index is 0.509. The van der Waals surface area contributed by atoms with E-state index in [2.05, 4.69) is 5.92 Å². The van der Waals surface area contributed by atoms with Gasteiger partial charge in [0.05, 0.1) is 12.7 Å². The summed E-state index contributed by atoms with van der Waals surface area (Å²) in [6, 6.07) is 7.77. The number of rotatable bonds is 4. The summed E-state index contributed by atoms with van der Waals surface area (Å²) < 4.78 is 10.7. The number of hydrogen-bond acceptors (Lipinski definition) is 3. The van der Waals surface area contributed by atoms with Gasteiger partial charge in [-0.3, -0.25) is 0 Å². The van der Waals surface area contributed by atoms with Crippen LogP contribution in [0.4, 0.5) is 0 Å². The Kier molecular flexibility index (Phi) is 3.69. The minimum atomic E-state index is 0.509. The van der Waals surface area contributed by atoms with Gasteiger partial charge in [-0.25, -0.2) is 0 Å². The lowest BCUT2D eigenvalue weighted by Crippen LogP contribution is -1.95. The average Bonchev–Trinajstić information content (AvgIpc) is 2.84. The summed E-state index contributed by atoms with van der Waals surface area (Å²) in [6.45, 7) is 0.509. The zero-order valence-electron chi connectivity index (χ0n) is 9.47. The fraction of sp³-hybridized carbons (Fsp3) is 0.143. The molecule has 0 atom stereocenters. The fourth-order valence-corrected chi connectivity index (χ4v) is 2.09. The van der Waals surface area contributed by atoms with Crippen molar-refractivity contribution in [3.8, 4) is 23.8 Å². The molecule has 2 nitrogen and oxygen atoms in total. The Morgan fingerprint density at radius 2 is 2.00 bits per heavy atom. The number of benzene rings is 1. The highest BCUT2D eigenvalue weighted by Gasteiger charge is 2.02. The maximum absolute atomic E-state index is 5.65. The third-order valence-corrected chi connectivity index (χ3v) is 3.06. The topological polar surface area (TPSA) is 18.5 Å². The minimum Gasteiger partial charge on any atom is -0.497 e. The van der Waals surface area contributed by atoms with Crippen LogP contribution in [0.1, 0.15) is 11.1 Å². The van der Waals surface area contributed by atoms with Crippen LogP contribution in [0.25, 0.3) is 0 Å². The summed E-state index contributed by atoms with van der Waals surface area (Å²) in [5.74, 6) is 4.21. The highest BCUT2D eigenvalue weighted by atomic mass is 32.1. The van der Waals surface area contributed by atoms with Crippen molar-refractivity contribution in [2.75, 3.05) is 7.11 Å². The third-order valence-electron chi connectivity index (χ3n) is 2.34. The van der Waals surface area contributed by atoms with Crippen LogP contribution in [-0.2, 0) is 6.61 Å². The Hall–Kier alpha value is -1.92. The molecule has 0 aliphatic rings. The predicted octanol–water partition coefficient (Wildman–Crippen LogP) is 3.32. The van der Waals surface area contributed by atoms with Crippen LogP contribution >= 0.6 is 11.3 Å². The molecule has 0 fully saturated rings. The van der Waals surface area contributed by atoms with Gasteiger partial charge in [-0.15, -0.1) is 17.8 Å². The van der Waals surface area contributed by atoms with E-state index in [1.807, 2.05) is 35.0 Å². The molecule has 0 unspecified atom stereocenters. The molecule has 0 saturated heterocycles. The monoisotopic (exact) mass is 244 g/mol. The highest BCUT2D eigenvalue weighted by molar-refractivity contribution is 7.08. The Bertz CT molecular complexity index is 520. The molecule has 0 N–H and O–H groups in total. The SMILES string of the molecule is C#Cc1cscc1OCc1ccc(OC)cc1. The van der Waals surface area contributed by atoms with Gasteiger partial charge in [0, 0.05) is 10.8 Å². The first kappa shape index (κ1) is 11.6. The number of thiophene rings is 1. The van der Waals surface area contributed by atoms with Gasteiger partial charge >= 0.3 is 0 Å². The molecule has 0 saturated carbocycles. The lowest BCUT2D eigenvalue weighted by Gasteiger charge is -2.06. The van der Waals surface area contributed by atoms with E-state index in [4.69, 9.17) is 15.9 Å². The van der Waals surface area contributed by atoms with E-state index in [1.165, 1.54) is 0 Å². The van der Waals surface area contributed by atoms with Crippen molar-refractivity contribution >= 4 is 11.3 Å². The predicted molar refractivity (Wildman–Crippen MR) is 69.6 cm³/mol. The van der Waals surface area contributed by atoms with E-state index in [9.17, 15) is 0 Å². The van der Waals surface area contributed by atoms with Crippen LogP contribution < -0.4 is 9.47 Å². The summed E-state index contributed by atoms with van der Waals surface area (Å²) in [5, 5.41) is 3.82. The largest absolute Gasteiger partial charge is 0.497 e. The van der Waals surface area contributed by atoms with Crippen molar-refractivity contribution in [3.63, 3.8) is 0 Å². The number of hydrogen-bond donors (Lipinski definition) is 0. The Morgan fingerprint density at radius 3 is 2.65 bits per heavy atom. The average molecular weight is 244 g/mol. The second-order valence-corrected chi connectivity index (χ2v) is 4.17. The van der Waals surface area contributed by atoms with Gasteiger partial charge in [-0.2, -0.15) is 0 Å². The first-order valence-corrected chi connectivity index (χ1v) is 6.06. The molecular weight excluding hydrogens is 232 g/mol. The van der Waals surface area contributed by atoms with Gasteiger partial charge in [0.1, 0.15) is 18.1 Å². The standard InChI is InChI=1S/C14H12O2S/c1-3-12-9-17-10-14(12)16-8-11-4-6-13(15-2)7-5-11/h1,4-7,9-10H,8H2,2H3. The van der Waals surface area contributed by atoms with E-state index >= 15 is 0 Å². The van der Waals surface area contributed by atoms with Crippen LogP contribution in [-0.4, -0.2) is 7.11 Å². The van der Waals surface area contributed by atoms with Crippen molar-refractivity contribution in [2.45, 2.75) is 6.61 Å². The van der Waals surface area contributed by atoms with Crippen molar-refractivity contribution in [2.24, 2.45) is 0 Å². The molecule has 86 valence electrons. The Balaban J connectivity index is 2.00. The van der Waals surface area contributed by atoms with Gasteiger partial charge in [0.15, 0.2) is 0 Å². The van der Waals surface area contributed by atoms with Crippen molar-refractivity contribution < 1.29 is 9.47 Å². The normalized spacial score (nSPS) is 9.65. The first-order valence-electron chi connectivity index (χ1n) is 5.12. The molecule has 2 aromatic rings. The van der Waals surface area contributed by atoms with Crippen LogP contribution in [0, 0.1) is 12.3 Å². The van der Waals surface area contributed by atoms with Crippen molar-refractivity contribution in [1.82, 2.24) is 0 Å². The zero-order valence-corrected chi connectivity index (χ0v) is 10.3. The molecule has 0 aliphatic heterocycles. The smallest absolute Gasteiger partial charge is 0.146 e. The molecular formula is C14H12O2S. The number of methoxy groups -OCH3 is 1. The van der Waals surface area contributed by atoms with Gasteiger partial charge in [-0.05, 0) is 17.7 Å². The Morgan fingerprint density at radius 1 is 1.24 bits per heavy atom. The number of terminal acetylenes is 1. The van der Waals surface area contributed by atoms with E-state index in [0.29, 0.717) is 6.61 Å².